The lowest BCUT2D eigenvalue weighted by Gasteiger charge is -2.32. The summed E-state index contributed by atoms with van der Waals surface area (Å²) in [4.78, 5) is 26.6. The number of amides is 1. The van der Waals surface area contributed by atoms with Crippen molar-refractivity contribution in [3.63, 3.8) is 0 Å². The number of hydrogen-bond acceptors (Lipinski definition) is 4. The normalized spacial score (nSPS) is 35.1. The molecule has 5 atom stereocenters. The summed E-state index contributed by atoms with van der Waals surface area (Å²) in [6, 6.07) is 6.85. The first-order valence-electron chi connectivity index (χ1n) is 8.21. The highest BCUT2D eigenvalue weighted by atomic mass is 16.5. The summed E-state index contributed by atoms with van der Waals surface area (Å²) in [5, 5.41) is 9.62. The molecule has 2 fully saturated rings. The van der Waals surface area contributed by atoms with Crippen LogP contribution in [0.1, 0.15) is 6.42 Å². The van der Waals surface area contributed by atoms with Gasteiger partial charge in [-0.15, -0.1) is 6.58 Å². The van der Waals surface area contributed by atoms with Crippen molar-refractivity contribution in [3.05, 3.63) is 49.1 Å². The molecule has 1 spiro atoms. The third-order valence-electron chi connectivity index (χ3n) is 5.45. The Hall–Kier alpha value is -2.60. The van der Waals surface area contributed by atoms with Crippen molar-refractivity contribution in [3.8, 4) is 5.75 Å². The number of nitrogens with zero attached hydrogens (tertiary/aromatic N) is 1. The summed E-state index contributed by atoms with van der Waals surface area (Å²) in [5.74, 6) is -2.09. The molecule has 6 heteroatoms. The topological polar surface area (TPSA) is 76.1 Å². The number of hydrogen-bond donors (Lipinski definition) is 1. The van der Waals surface area contributed by atoms with E-state index in [9.17, 15) is 14.7 Å². The highest BCUT2D eigenvalue weighted by molar-refractivity contribution is 6.03. The van der Waals surface area contributed by atoms with E-state index < -0.39 is 29.5 Å². The van der Waals surface area contributed by atoms with Crippen molar-refractivity contribution in [2.24, 2.45) is 11.8 Å². The third kappa shape index (κ3) is 2.00. The van der Waals surface area contributed by atoms with E-state index in [2.05, 4.69) is 6.58 Å². The molecule has 2 saturated heterocycles. The molecule has 130 valence electrons. The largest absolute Gasteiger partial charge is 0.497 e. The van der Waals surface area contributed by atoms with Gasteiger partial charge in [-0.2, -0.15) is 0 Å². The Labute approximate surface area is 145 Å². The molecular formula is C19H19NO5. The van der Waals surface area contributed by atoms with Gasteiger partial charge in [-0.25, -0.2) is 0 Å². The van der Waals surface area contributed by atoms with Crippen LogP contribution in [0.25, 0.3) is 0 Å². The van der Waals surface area contributed by atoms with E-state index in [1.807, 2.05) is 6.08 Å². The molecule has 4 rings (SSSR count). The van der Waals surface area contributed by atoms with E-state index in [4.69, 9.17) is 9.47 Å². The van der Waals surface area contributed by atoms with Crippen LogP contribution >= 0.6 is 0 Å². The SMILES string of the molecule is C=CC[C@H]1N(c2ccc(OC)cc2)C(=O)[C@@H]2[C@H](C(=O)O)[C@H]3C=C[C@]21O3. The van der Waals surface area contributed by atoms with Gasteiger partial charge < -0.3 is 19.5 Å². The first-order valence-corrected chi connectivity index (χ1v) is 8.21. The van der Waals surface area contributed by atoms with E-state index in [0.717, 1.165) is 0 Å². The van der Waals surface area contributed by atoms with Crippen LogP contribution in [-0.4, -0.2) is 41.8 Å². The monoisotopic (exact) mass is 341 g/mol. The second kappa shape index (κ2) is 5.46. The fourth-order valence-electron chi connectivity index (χ4n) is 4.43. The second-order valence-electron chi connectivity index (χ2n) is 6.58. The number of rotatable bonds is 5. The zero-order valence-electron chi connectivity index (χ0n) is 13.8. The maximum atomic E-state index is 13.2. The number of methoxy groups -OCH3 is 1. The summed E-state index contributed by atoms with van der Waals surface area (Å²) in [7, 11) is 1.58. The summed E-state index contributed by atoms with van der Waals surface area (Å²) in [6.45, 7) is 3.80. The Morgan fingerprint density at radius 3 is 2.76 bits per heavy atom. The summed E-state index contributed by atoms with van der Waals surface area (Å²) >= 11 is 0. The van der Waals surface area contributed by atoms with Crippen molar-refractivity contribution in [1.82, 2.24) is 0 Å². The van der Waals surface area contributed by atoms with Gasteiger partial charge in [0, 0.05) is 5.69 Å². The lowest BCUT2D eigenvalue weighted by molar-refractivity contribution is -0.146. The highest BCUT2D eigenvalue weighted by Crippen LogP contribution is 2.56. The van der Waals surface area contributed by atoms with Gasteiger partial charge in [0.2, 0.25) is 5.91 Å². The molecule has 0 saturated carbocycles. The molecule has 25 heavy (non-hydrogen) atoms. The number of fused-ring (bicyclic) bond motifs is 1. The molecule has 3 heterocycles. The predicted molar refractivity (Wildman–Crippen MR) is 90.4 cm³/mol. The van der Waals surface area contributed by atoms with E-state index in [-0.39, 0.29) is 11.9 Å². The molecule has 1 amide bonds. The average Bonchev–Trinajstić information content (AvgIpc) is 3.24. The van der Waals surface area contributed by atoms with Crippen molar-refractivity contribution in [2.75, 3.05) is 12.0 Å². The van der Waals surface area contributed by atoms with Gasteiger partial charge in [0.1, 0.15) is 17.3 Å². The van der Waals surface area contributed by atoms with E-state index in [1.165, 1.54) is 0 Å². The van der Waals surface area contributed by atoms with Crippen molar-refractivity contribution in [2.45, 2.75) is 24.2 Å². The number of carbonyl (C=O) groups excluding carboxylic acids is 1. The summed E-state index contributed by atoms with van der Waals surface area (Å²) in [5.41, 5.74) is -0.204. The minimum absolute atomic E-state index is 0.212. The number of aliphatic carboxylic acids is 1. The number of anilines is 1. The van der Waals surface area contributed by atoms with Crippen LogP contribution < -0.4 is 9.64 Å². The summed E-state index contributed by atoms with van der Waals surface area (Å²) in [6.07, 6.45) is 5.35. The smallest absolute Gasteiger partial charge is 0.310 e. The second-order valence-corrected chi connectivity index (χ2v) is 6.58. The molecule has 3 aliphatic heterocycles. The van der Waals surface area contributed by atoms with Gasteiger partial charge in [0.25, 0.3) is 0 Å². The fraction of sp³-hybridized carbons (Fsp3) is 0.368. The Morgan fingerprint density at radius 2 is 2.16 bits per heavy atom. The van der Waals surface area contributed by atoms with Gasteiger partial charge in [-0.1, -0.05) is 18.2 Å². The minimum atomic E-state index is -0.997. The zero-order chi connectivity index (χ0) is 17.8. The fourth-order valence-corrected chi connectivity index (χ4v) is 4.43. The summed E-state index contributed by atoms with van der Waals surface area (Å²) < 4.78 is 11.2. The van der Waals surface area contributed by atoms with Gasteiger partial charge in [0.05, 0.1) is 25.2 Å². The van der Waals surface area contributed by atoms with E-state index in [0.29, 0.717) is 17.9 Å². The van der Waals surface area contributed by atoms with E-state index >= 15 is 0 Å². The number of benzene rings is 1. The van der Waals surface area contributed by atoms with Gasteiger partial charge >= 0.3 is 5.97 Å². The minimum Gasteiger partial charge on any atom is -0.497 e. The number of carboxylic acids is 1. The van der Waals surface area contributed by atoms with Crippen molar-refractivity contribution in [1.29, 1.82) is 0 Å². The van der Waals surface area contributed by atoms with Crippen LogP contribution in [0.4, 0.5) is 5.69 Å². The maximum Gasteiger partial charge on any atom is 0.310 e. The Morgan fingerprint density at radius 1 is 1.44 bits per heavy atom. The molecule has 0 aliphatic carbocycles. The van der Waals surface area contributed by atoms with Gasteiger partial charge in [0.15, 0.2) is 0 Å². The van der Waals surface area contributed by atoms with Crippen LogP contribution in [0.15, 0.2) is 49.1 Å². The van der Waals surface area contributed by atoms with Crippen LogP contribution in [-0.2, 0) is 14.3 Å². The Bertz CT molecular complexity index is 771. The van der Waals surface area contributed by atoms with Crippen LogP contribution in [0.2, 0.25) is 0 Å². The van der Waals surface area contributed by atoms with Crippen LogP contribution in [0, 0.1) is 11.8 Å². The Kier molecular flexibility index (Phi) is 3.47. The van der Waals surface area contributed by atoms with E-state index in [1.54, 1.807) is 48.4 Å². The maximum absolute atomic E-state index is 13.2. The first-order chi connectivity index (χ1) is 12.0. The first kappa shape index (κ1) is 15.9. The molecule has 0 unspecified atom stereocenters. The molecule has 0 aromatic heterocycles. The highest BCUT2D eigenvalue weighted by Gasteiger charge is 2.71. The van der Waals surface area contributed by atoms with Crippen LogP contribution in [0.3, 0.4) is 0 Å². The molecule has 1 aromatic carbocycles. The molecular weight excluding hydrogens is 322 g/mol. The van der Waals surface area contributed by atoms with Gasteiger partial charge in [-0.3, -0.25) is 9.59 Å². The zero-order valence-corrected chi connectivity index (χ0v) is 13.8. The number of carboxylic acid groups (broad SMARTS) is 1. The molecule has 6 nitrogen and oxygen atoms in total. The molecule has 0 radical (unpaired) electrons. The molecule has 1 N–H and O–H groups in total. The number of ether oxygens (including phenoxy) is 2. The lowest BCUT2D eigenvalue weighted by Crippen LogP contribution is -2.45. The Balaban J connectivity index is 1.80. The molecule has 2 bridgehead atoms. The third-order valence-corrected chi connectivity index (χ3v) is 5.45. The molecule has 1 aromatic rings. The lowest BCUT2D eigenvalue weighted by atomic mass is 9.74. The molecule has 3 aliphatic rings. The average molecular weight is 341 g/mol. The van der Waals surface area contributed by atoms with Crippen molar-refractivity contribution < 1.29 is 24.2 Å². The van der Waals surface area contributed by atoms with Crippen molar-refractivity contribution >= 4 is 17.6 Å². The number of carbonyl (C=O) groups is 2. The van der Waals surface area contributed by atoms with Gasteiger partial charge in [-0.05, 0) is 30.7 Å². The standard InChI is InChI=1S/C19H19NO5/c1-3-4-14-19-10-9-13(25-19)15(18(22)23)16(19)17(21)20(14)11-5-7-12(24-2)8-6-11/h3,5-10,13-16H,1,4H2,2H3,(H,22,23)/t13-,14-,15-,16+,19-/m1/s1. The van der Waals surface area contributed by atoms with Crippen LogP contribution in [0.5, 0.6) is 5.75 Å². The quantitative estimate of drug-likeness (QED) is 0.829. The predicted octanol–water partition coefficient (Wildman–Crippen LogP) is 2.01.